The molecule has 0 spiro atoms. The number of nitrogens with one attached hydrogen (secondary N) is 1. The molecule has 4 heterocycles. The third-order valence-corrected chi connectivity index (χ3v) is 8.86. The van der Waals surface area contributed by atoms with Gasteiger partial charge in [-0.3, -0.25) is 9.89 Å². The fourth-order valence-corrected chi connectivity index (χ4v) is 6.34. The molecule has 3 aromatic rings. The third-order valence-electron chi connectivity index (χ3n) is 8.86. The second kappa shape index (κ2) is 12.5. The highest BCUT2D eigenvalue weighted by atomic mass is 16.5. The van der Waals surface area contributed by atoms with Gasteiger partial charge in [-0.1, -0.05) is 12.6 Å². The molecule has 2 aromatic heterocycles. The molecule has 230 valence electrons. The first-order valence-corrected chi connectivity index (χ1v) is 14.8. The molecule has 1 aromatic carbocycles. The number of benzene rings is 1. The molecule has 0 bridgehead atoms. The number of aryl methyl sites for hydroxylation is 1. The Morgan fingerprint density at radius 3 is 2.79 bits per heavy atom. The number of ether oxygens (including phenoxy) is 1. The van der Waals surface area contributed by atoms with E-state index in [0.29, 0.717) is 37.9 Å². The predicted molar refractivity (Wildman–Crippen MR) is 168 cm³/mol. The van der Waals surface area contributed by atoms with Gasteiger partial charge in [-0.2, -0.15) is 15.1 Å². The number of hydrogen-bond acceptors (Lipinski definition) is 10. The smallest absolute Gasteiger partial charge is 0.320 e. The SMILES string of the molecule is C=CC(=O)N1CCN(c2nc(OC[C@@H]3CCCN3C)nc(N(C)C(/C(C)=C\N)c3c(C)ccc4[nH]ncc34)c2O)[C@@H](C)C1. The summed E-state index contributed by atoms with van der Waals surface area (Å²) < 4.78 is 6.24. The zero-order chi connectivity index (χ0) is 30.8. The predicted octanol–water partition coefficient (Wildman–Crippen LogP) is 3.10. The minimum atomic E-state index is -0.367. The maximum Gasteiger partial charge on any atom is 0.320 e. The van der Waals surface area contributed by atoms with E-state index in [-0.39, 0.29) is 35.8 Å². The van der Waals surface area contributed by atoms with Crippen LogP contribution in [-0.2, 0) is 4.79 Å². The van der Waals surface area contributed by atoms with Crippen LogP contribution in [0.15, 0.2) is 42.8 Å². The van der Waals surface area contributed by atoms with Crippen LogP contribution in [0.5, 0.6) is 11.8 Å². The maximum absolute atomic E-state index is 12.3. The molecule has 2 aliphatic heterocycles. The number of carbonyl (C=O) groups is 1. The van der Waals surface area contributed by atoms with E-state index in [4.69, 9.17) is 20.4 Å². The summed E-state index contributed by atoms with van der Waals surface area (Å²) in [5.41, 5.74) is 9.96. The molecule has 12 heteroatoms. The number of rotatable bonds is 9. The Bertz CT molecular complexity index is 1520. The standard InChI is InChI=1S/C31H43N9O3/c1-7-25(41)39-13-14-40(21(4)17-39)30-28(42)29(34-31(35-30)43-18-22-9-8-12-37(22)5)38(6)27(20(3)15-32)26-19(2)10-11-24-23(26)16-33-36-24/h7,10-11,15-16,21-22,27,42H,1,8-9,12-14,17-18,32H2,2-6H3,(H,33,36)/b20-15-/t21-,22-,27?/m0/s1. The molecular formula is C31H43N9O3. The lowest BCUT2D eigenvalue weighted by atomic mass is 9.92. The molecule has 12 nitrogen and oxygen atoms in total. The summed E-state index contributed by atoms with van der Waals surface area (Å²) in [5.74, 6) is 0.521. The second-order valence-corrected chi connectivity index (χ2v) is 11.7. The van der Waals surface area contributed by atoms with E-state index < -0.39 is 0 Å². The molecule has 5 rings (SSSR count). The zero-order valence-corrected chi connectivity index (χ0v) is 25.7. The number of anilines is 2. The highest BCUT2D eigenvalue weighted by molar-refractivity contribution is 5.87. The molecule has 2 fully saturated rings. The topological polar surface area (TPSA) is 140 Å². The van der Waals surface area contributed by atoms with Crippen molar-refractivity contribution in [3.8, 4) is 11.8 Å². The van der Waals surface area contributed by atoms with Crippen molar-refractivity contribution >= 4 is 28.4 Å². The number of fused-ring (bicyclic) bond motifs is 1. The molecule has 0 radical (unpaired) electrons. The summed E-state index contributed by atoms with van der Waals surface area (Å²) >= 11 is 0. The summed E-state index contributed by atoms with van der Waals surface area (Å²) in [4.78, 5) is 29.8. The van der Waals surface area contributed by atoms with Crippen molar-refractivity contribution in [1.29, 1.82) is 0 Å². The number of amides is 1. The van der Waals surface area contributed by atoms with Gasteiger partial charge in [-0.15, -0.1) is 0 Å². The number of nitrogens with two attached hydrogens (primary N) is 1. The molecule has 1 amide bonds. The lowest BCUT2D eigenvalue weighted by Crippen LogP contribution is -2.53. The number of nitrogens with zero attached hydrogens (tertiary/aromatic N) is 7. The van der Waals surface area contributed by atoms with Crippen LogP contribution >= 0.6 is 0 Å². The molecule has 2 aliphatic rings. The van der Waals surface area contributed by atoms with E-state index in [2.05, 4.69) is 35.6 Å². The van der Waals surface area contributed by atoms with Crippen molar-refractivity contribution < 1.29 is 14.6 Å². The van der Waals surface area contributed by atoms with Crippen LogP contribution in [0.2, 0.25) is 0 Å². The van der Waals surface area contributed by atoms with Gasteiger partial charge in [-0.05, 0) is 82.2 Å². The van der Waals surface area contributed by atoms with Crippen molar-refractivity contribution in [3.63, 3.8) is 0 Å². The average molecular weight is 590 g/mol. The molecule has 3 atom stereocenters. The minimum absolute atomic E-state index is 0.0602. The maximum atomic E-state index is 12.3. The Balaban J connectivity index is 1.58. The number of hydrogen-bond donors (Lipinski definition) is 3. The summed E-state index contributed by atoms with van der Waals surface area (Å²) in [5, 5.41) is 20.1. The highest BCUT2D eigenvalue weighted by Crippen LogP contribution is 2.43. The van der Waals surface area contributed by atoms with Crippen molar-refractivity contribution in [2.45, 2.75) is 51.7 Å². The monoisotopic (exact) mass is 589 g/mol. The van der Waals surface area contributed by atoms with Crippen LogP contribution in [0.3, 0.4) is 0 Å². The Kier molecular flexibility index (Phi) is 8.77. The van der Waals surface area contributed by atoms with Crippen LogP contribution < -0.4 is 20.3 Å². The first kappa shape index (κ1) is 30.1. The van der Waals surface area contributed by atoms with E-state index in [0.717, 1.165) is 47.0 Å². The van der Waals surface area contributed by atoms with E-state index in [9.17, 15) is 9.90 Å². The molecule has 0 saturated carbocycles. The van der Waals surface area contributed by atoms with Crippen molar-refractivity contribution in [1.82, 2.24) is 30.0 Å². The molecule has 2 saturated heterocycles. The Labute approximate surface area is 252 Å². The summed E-state index contributed by atoms with van der Waals surface area (Å²) in [6.45, 7) is 12.6. The van der Waals surface area contributed by atoms with Crippen molar-refractivity contribution in [3.05, 3.63) is 53.9 Å². The number of likely N-dealkylation sites (tertiary alicyclic amines) is 1. The van der Waals surface area contributed by atoms with E-state index in [1.165, 1.54) is 6.08 Å². The largest absolute Gasteiger partial charge is 0.502 e. The number of aromatic amines is 1. The number of aromatic nitrogens is 4. The van der Waals surface area contributed by atoms with Crippen LogP contribution in [0, 0.1) is 6.92 Å². The molecule has 43 heavy (non-hydrogen) atoms. The van der Waals surface area contributed by atoms with Crippen molar-refractivity contribution in [2.24, 2.45) is 5.73 Å². The molecule has 4 N–H and O–H groups in total. The number of carbonyl (C=O) groups excluding carboxylic acids is 1. The lowest BCUT2D eigenvalue weighted by molar-refractivity contribution is -0.126. The minimum Gasteiger partial charge on any atom is -0.502 e. The van der Waals surface area contributed by atoms with Gasteiger partial charge in [-0.25, -0.2) is 0 Å². The van der Waals surface area contributed by atoms with Gasteiger partial charge in [0.1, 0.15) is 6.61 Å². The average Bonchev–Trinajstić information content (AvgIpc) is 3.65. The summed E-state index contributed by atoms with van der Waals surface area (Å²) in [6, 6.07) is 4.03. The molecular weight excluding hydrogens is 546 g/mol. The number of piperazine rings is 1. The fraction of sp³-hybridized carbons (Fsp3) is 0.484. The van der Waals surface area contributed by atoms with Gasteiger partial charge in [0, 0.05) is 44.2 Å². The first-order valence-electron chi connectivity index (χ1n) is 14.8. The van der Waals surface area contributed by atoms with Crippen LogP contribution in [0.1, 0.15) is 43.9 Å². The van der Waals surface area contributed by atoms with Crippen LogP contribution in [0.4, 0.5) is 11.6 Å². The number of likely N-dealkylation sites (N-methyl/N-ethyl adjacent to an activating group) is 2. The van der Waals surface area contributed by atoms with Gasteiger partial charge in [0.25, 0.3) is 0 Å². The quantitative estimate of drug-likeness (QED) is 0.319. The Morgan fingerprint density at radius 2 is 2.12 bits per heavy atom. The van der Waals surface area contributed by atoms with Crippen LogP contribution in [-0.4, -0.2) is 99.9 Å². The second-order valence-electron chi connectivity index (χ2n) is 11.7. The first-order chi connectivity index (χ1) is 20.6. The Hall–Kier alpha value is -4.32. The molecule has 1 unspecified atom stereocenters. The van der Waals surface area contributed by atoms with Gasteiger partial charge >= 0.3 is 6.01 Å². The van der Waals surface area contributed by atoms with E-state index in [1.54, 1.807) is 11.1 Å². The summed E-state index contributed by atoms with van der Waals surface area (Å²) in [7, 11) is 3.99. The van der Waals surface area contributed by atoms with E-state index in [1.807, 2.05) is 49.0 Å². The highest BCUT2D eigenvalue weighted by Gasteiger charge is 2.33. The Morgan fingerprint density at radius 1 is 1.33 bits per heavy atom. The van der Waals surface area contributed by atoms with Crippen molar-refractivity contribution in [2.75, 3.05) is 56.7 Å². The van der Waals surface area contributed by atoms with Crippen LogP contribution in [0.25, 0.3) is 10.9 Å². The zero-order valence-electron chi connectivity index (χ0n) is 25.7. The van der Waals surface area contributed by atoms with Gasteiger partial charge in [0.05, 0.1) is 17.8 Å². The summed E-state index contributed by atoms with van der Waals surface area (Å²) in [6.07, 6.45) is 6.90. The van der Waals surface area contributed by atoms with Gasteiger partial charge in [0.15, 0.2) is 11.6 Å². The fourth-order valence-electron chi connectivity index (χ4n) is 6.34. The third kappa shape index (κ3) is 5.83. The molecule has 0 aliphatic carbocycles. The number of aromatic hydroxyl groups is 1. The normalized spacial score (nSPS) is 20.4. The lowest BCUT2D eigenvalue weighted by Gasteiger charge is -2.41. The number of H-pyrrole nitrogens is 1. The van der Waals surface area contributed by atoms with Gasteiger partial charge < -0.3 is 35.2 Å². The van der Waals surface area contributed by atoms with Gasteiger partial charge in [0.2, 0.25) is 11.7 Å². The van der Waals surface area contributed by atoms with E-state index >= 15 is 0 Å².